The van der Waals surface area contributed by atoms with E-state index >= 15 is 0 Å². The van der Waals surface area contributed by atoms with Crippen molar-refractivity contribution in [1.82, 2.24) is 0 Å². The van der Waals surface area contributed by atoms with E-state index in [1.54, 1.807) is 0 Å². The molecule has 0 aliphatic carbocycles. The molecule has 4 heteroatoms. The van der Waals surface area contributed by atoms with E-state index in [2.05, 4.69) is 29.5 Å². The van der Waals surface area contributed by atoms with E-state index in [1.165, 1.54) is 0 Å². The van der Waals surface area contributed by atoms with Crippen LogP contribution in [0.1, 0.15) is 18.1 Å². The van der Waals surface area contributed by atoms with Gasteiger partial charge >= 0.3 is 0 Å². The second kappa shape index (κ2) is 3.61. The second-order valence-corrected chi connectivity index (χ2v) is 4.09. The van der Waals surface area contributed by atoms with Crippen molar-refractivity contribution in [3.05, 3.63) is 14.7 Å². The van der Waals surface area contributed by atoms with Gasteiger partial charge in [-0.1, -0.05) is 6.92 Å². The Labute approximate surface area is 91.8 Å². The fourth-order valence-corrected chi connectivity index (χ4v) is 2.28. The highest BCUT2D eigenvalue weighted by molar-refractivity contribution is 14.1. The highest BCUT2D eigenvalue weighted by Gasteiger charge is 2.13. The topological polar surface area (TPSA) is 78.1 Å². The molecule has 0 bridgehead atoms. The third-order valence-electron chi connectivity index (χ3n) is 2.26. The van der Waals surface area contributed by atoms with Crippen molar-refractivity contribution < 1.29 is 0 Å². The van der Waals surface area contributed by atoms with Crippen LogP contribution >= 0.6 is 22.6 Å². The molecule has 72 valence electrons. The van der Waals surface area contributed by atoms with Crippen LogP contribution in [0.25, 0.3) is 0 Å². The molecule has 0 heterocycles. The van der Waals surface area contributed by atoms with Crippen molar-refractivity contribution in [3.63, 3.8) is 0 Å². The summed E-state index contributed by atoms with van der Waals surface area (Å²) in [6.07, 6.45) is 0.884. The molecule has 0 radical (unpaired) electrons. The number of nitrogens with two attached hydrogens (primary N) is 3. The Kier molecular flexibility index (Phi) is 2.90. The van der Waals surface area contributed by atoms with Crippen molar-refractivity contribution >= 4 is 39.7 Å². The lowest BCUT2D eigenvalue weighted by Crippen LogP contribution is -2.08. The molecule has 0 atom stereocenters. The third kappa shape index (κ3) is 1.54. The quantitative estimate of drug-likeness (QED) is 0.546. The first kappa shape index (κ1) is 10.4. The van der Waals surface area contributed by atoms with Gasteiger partial charge in [-0.2, -0.15) is 0 Å². The lowest BCUT2D eigenvalue weighted by Gasteiger charge is -2.15. The summed E-state index contributed by atoms with van der Waals surface area (Å²) < 4.78 is 1.13. The fraction of sp³-hybridized carbons (Fsp3) is 0.333. The second-order valence-electron chi connectivity index (χ2n) is 3.01. The number of rotatable bonds is 1. The summed E-state index contributed by atoms with van der Waals surface area (Å²) in [6, 6.07) is 0. The summed E-state index contributed by atoms with van der Waals surface area (Å²) in [5.74, 6) is 0. The Morgan fingerprint density at radius 1 is 1.08 bits per heavy atom. The number of anilines is 3. The Morgan fingerprint density at radius 2 is 1.62 bits per heavy atom. The van der Waals surface area contributed by atoms with Gasteiger partial charge in [0.1, 0.15) is 0 Å². The van der Waals surface area contributed by atoms with Gasteiger partial charge in [-0.05, 0) is 47.1 Å². The van der Waals surface area contributed by atoms with E-state index in [0.29, 0.717) is 17.1 Å². The maximum atomic E-state index is 5.85. The molecule has 0 amide bonds. The summed E-state index contributed by atoms with van der Waals surface area (Å²) in [4.78, 5) is 0. The van der Waals surface area contributed by atoms with Crippen LogP contribution in [0.5, 0.6) is 0 Å². The van der Waals surface area contributed by atoms with Crippen LogP contribution in [-0.4, -0.2) is 0 Å². The van der Waals surface area contributed by atoms with E-state index in [-0.39, 0.29) is 0 Å². The van der Waals surface area contributed by atoms with Crippen LogP contribution in [-0.2, 0) is 6.42 Å². The fourth-order valence-electron chi connectivity index (χ4n) is 1.32. The summed E-state index contributed by atoms with van der Waals surface area (Å²) in [5.41, 5.74) is 21.3. The van der Waals surface area contributed by atoms with E-state index in [4.69, 9.17) is 17.2 Å². The molecule has 13 heavy (non-hydrogen) atoms. The van der Waals surface area contributed by atoms with Gasteiger partial charge < -0.3 is 17.2 Å². The average molecular weight is 291 g/mol. The summed E-state index contributed by atoms with van der Waals surface area (Å²) in [7, 11) is 0. The average Bonchev–Trinajstić information content (AvgIpc) is 2.13. The summed E-state index contributed by atoms with van der Waals surface area (Å²) >= 11 is 2.26. The summed E-state index contributed by atoms with van der Waals surface area (Å²) in [5, 5.41) is 0. The highest BCUT2D eigenvalue weighted by Crippen LogP contribution is 2.34. The van der Waals surface area contributed by atoms with Gasteiger partial charge in [0.25, 0.3) is 0 Å². The van der Waals surface area contributed by atoms with Gasteiger partial charge in [-0.15, -0.1) is 0 Å². The number of benzene rings is 1. The van der Waals surface area contributed by atoms with Gasteiger partial charge in [0.2, 0.25) is 0 Å². The zero-order valence-electron chi connectivity index (χ0n) is 7.82. The van der Waals surface area contributed by atoms with E-state index in [1.807, 2.05) is 6.92 Å². The molecule has 0 aliphatic rings. The molecule has 0 unspecified atom stereocenters. The molecule has 6 N–H and O–H groups in total. The number of hydrogen-bond acceptors (Lipinski definition) is 3. The maximum Gasteiger partial charge on any atom is 0.0787 e. The Morgan fingerprint density at radius 3 is 2.08 bits per heavy atom. The van der Waals surface area contributed by atoms with E-state index in [0.717, 1.165) is 21.1 Å². The van der Waals surface area contributed by atoms with E-state index in [9.17, 15) is 0 Å². The largest absolute Gasteiger partial charge is 0.397 e. The van der Waals surface area contributed by atoms with Gasteiger partial charge in [0, 0.05) is 3.57 Å². The molecule has 3 nitrogen and oxygen atoms in total. The lowest BCUT2D eigenvalue weighted by molar-refractivity contribution is 1.12. The van der Waals surface area contributed by atoms with Crippen LogP contribution in [0, 0.1) is 10.5 Å². The van der Waals surface area contributed by atoms with Gasteiger partial charge in [0.05, 0.1) is 17.1 Å². The summed E-state index contributed by atoms with van der Waals surface area (Å²) in [6.45, 7) is 4.02. The SMILES string of the molecule is CCc1c(N)c(N)c(N)c(C)c1I. The normalized spacial score (nSPS) is 10.4. The monoisotopic (exact) mass is 291 g/mol. The first-order valence-corrected chi connectivity index (χ1v) is 5.19. The van der Waals surface area contributed by atoms with E-state index < -0.39 is 0 Å². The molecule has 0 saturated carbocycles. The first-order chi connectivity index (χ1) is 6.00. The molecular weight excluding hydrogens is 277 g/mol. The minimum absolute atomic E-state index is 0.523. The molecule has 1 aromatic carbocycles. The molecule has 0 aromatic heterocycles. The predicted octanol–water partition coefficient (Wildman–Crippen LogP) is 1.91. The van der Waals surface area contributed by atoms with Crippen molar-refractivity contribution in [3.8, 4) is 0 Å². The molecule has 1 aromatic rings. The van der Waals surface area contributed by atoms with Crippen LogP contribution in [0.3, 0.4) is 0 Å². The number of nitrogen functional groups attached to an aromatic ring is 3. The molecule has 0 spiro atoms. The van der Waals surface area contributed by atoms with Crippen molar-refractivity contribution in [2.24, 2.45) is 0 Å². The van der Waals surface area contributed by atoms with Crippen LogP contribution in [0.4, 0.5) is 17.1 Å². The molecule has 0 aliphatic heterocycles. The van der Waals surface area contributed by atoms with Gasteiger partial charge in [-0.3, -0.25) is 0 Å². The molecule has 0 fully saturated rings. The molecule has 1 rings (SSSR count). The van der Waals surface area contributed by atoms with Crippen molar-refractivity contribution in [1.29, 1.82) is 0 Å². The first-order valence-electron chi connectivity index (χ1n) is 4.12. The maximum absolute atomic E-state index is 5.85. The van der Waals surface area contributed by atoms with Crippen LogP contribution in [0.15, 0.2) is 0 Å². The smallest absolute Gasteiger partial charge is 0.0787 e. The van der Waals surface area contributed by atoms with Crippen LogP contribution < -0.4 is 17.2 Å². The number of hydrogen-bond donors (Lipinski definition) is 3. The lowest BCUT2D eigenvalue weighted by atomic mass is 10.0. The van der Waals surface area contributed by atoms with Gasteiger partial charge in [0.15, 0.2) is 0 Å². The Bertz CT molecular complexity index is 318. The zero-order chi connectivity index (χ0) is 10.2. The van der Waals surface area contributed by atoms with Crippen LogP contribution in [0.2, 0.25) is 0 Å². The van der Waals surface area contributed by atoms with Crippen molar-refractivity contribution in [2.45, 2.75) is 20.3 Å². The Balaban J connectivity index is 3.56. The minimum atomic E-state index is 0.523. The van der Waals surface area contributed by atoms with Crippen molar-refractivity contribution in [2.75, 3.05) is 17.2 Å². The highest BCUT2D eigenvalue weighted by atomic mass is 127. The zero-order valence-corrected chi connectivity index (χ0v) is 9.97. The standard InChI is InChI=1S/C9H14IN3/c1-3-5-6(10)4(2)7(11)9(13)8(5)12/h3,11-13H2,1-2H3. The number of halogens is 1. The Hall–Kier alpha value is -0.650. The minimum Gasteiger partial charge on any atom is -0.397 e. The predicted molar refractivity (Wildman–Crippen MR) is 66.5 cm³/mol. The third-order valence-corrected chi connectivity index (χ3v) is 3.72. The molecule has 0 saturated heterocycles. The molecular formula is C9H14IN3. The van der Waals surface area contributed by atoms with Gasteiger partial charge in [-0.25, -0.2) is 0 Å².